The van der Waals surface area contributed by atoms with E-state index in [1.807, 2.05) is 12.1 Å². The van der Waals surface area contributed by atoms with Crippen molar-refractivity contribution in [2.24, 2.45) is 56.7 Å². The minimum Gasteiger partial charge on any atom is -0.481 e. The largest absolute Gasteiger partial charge is 0.481 e. The Morgan fingerprint density at radius 1 is 0.865 bits per heavy atom. The second-order valence-electron chi connectivity index (χ2n) is 19.0. The van der Waals surface area contributed by atoms with Gasteiger partial charge in [0.05, 0.1) is 17.4 Å². The number of carbonyl (C=O) groups is 3. The highest BCUT2D eigenvalue weighted by Gasteiger charge is 2.71. The van der Waals surface area contributed by atoms with E-state index in [4.69, 9.17) is 0 Å². The molecule has 1 aromatic carbocycles. The van der Waals surface area contributed by atoms with E-state index < -0.39 is 11.9 Å². The number of nitrogens with one attached hydrogen (secondary N) is 1. The fourth-order valence-electron chi connectivity index (χ4n) is 13.8. The average Bonchev–Trinajstić information content (AvgIpc) is 3.49. The zero-order chi connectivity index (χ0) is 37.9. The highest BCUT2D eigenvalue weighted by atomic mass is 16.4. The molecule has 5 aliphatic carbocycles. The number of benzene rings is 1. The molecule has 0 aromatic heterocycles. The molecule has 4 saturated carbocycles. The quantitative estimate of drug-likeness (QED) is 0.186. The van der Waals surface area contributed by atoms with Crippen molar-refractivity contribution in [3.63, 3.8) is 0 Å². The Labute approximate surface area is 313 Å². The van der Waals surface area contributed by atoms with E-state index in [2.05, 4.69) is 71.3 Å². The maximum atomic E-state index is 14.5. The van der Waals surface area contributed by atoms with E-state index in [-0.39, 0.29) is 39.4 Å². The van der Waals surface area contributed by atoms with Crippen molar-refractivity contribution in [1.82, 2.24) is 10.2 Å². The smallest absolute Gasteiger partial charge is 0.335 e. The third-order valence-corrected chi connectivity index (χ3v) is 16.4. The van der Waals surface area contributed by atoms with Crippen LogP contribution in [0.2, 0.25) is 0 Å². The maximum absolute atomic E-state index is 14.5. The minimum atomic E-state index is -0.886. The van der Waals surface area contributed by atoms with E-state index in [1.165, 1.54) is 30.4 Å². The van der Waals surface area contributed by atoms with Gasteiger partial charge in [-0.15, -0.1) is 0 Å². The van der Waals surface area contributed by atoms with Gasteiger partial charge in [-0.25, -0.2) is 4.79 Å². The second kappa shape index (κ2) is 14.0. The topological polar surface area (TPSA) is 107 Å². The van der Waals surface area contributed by atoms with Crippen LogP contribution in [0.15, 0.2) is 42.5 Å². The number of aromatic carboxylic acids is 1. The van der Waals surface area contributed by atoms with Gasteiger partial charge in [-0.05, 0) is 152 Å². The summed E-state index contributed by atoms with van der Waals surface area (Å²) in [6.45, 7) is 24.1. The van der Waals surface area contributed by atoms with Gasteiger partial charge in [0, 0.05) is 19.6 Å². The number of amides is 1. The molecule has 3 N–H and O–H groups in total. The summed E-state index contributed by atoms with van der Waals surface area (Å²) in [6, 6.07) is 7.50. The molecular formula is C45H66N2O5. The summed E-state index contributed by atoms with van der Waals surface area (Å²) < 4.78 is 0. The summed E-state index contributed by atoms with van der Waals surface area (Å²) in [4.78, 5) is 39.5. The molecule has 1 amide bonds. The van der Waals surface area contributed by atoms with Crippen LogP contribution in [-0.2, 0) is 9.59 Å². The monoisotopic (exact) mass is 714 g/mol. The van der Waals surface area contributed by atoms with Crippen molar-refractivity contribution < 1.29 is 24.6 Å². The highest BCUT2D eigenvalue weighted by molar-refractivity contribution is 5.88. The average molecular weight is 715 g/mol. The predicted molar refractivity (Wildman–Crippen MR) is 208 cm³/mol. The summed E-state index contributed by atoms with van der Waals surface area (Å²) >= 11 is 0. The van der Waals surface area contributed by atoms with Crippen molar-refractivity contribution in [1.29, 1.82) is 0 Å². The van der Waals surface area contributed by atoms with Gasteiger partial charge in [0.25, 0.3) is 0 Å². The lowest BCUT2D eigenvalue weighted by atomic mass is 9.32. The fourth-order valence-corrected chi connectivity index (χ4v) is 13.8. The number of fused-ring (bicyclic) bond motifs is 7. The van der Waals surface area contributed by atoms with Crippen LogP contribution in [0.3, 0.4) is 0 Å². The molecule has 52 heavy (non-hydrogen) atoms. The van der Waals surface area contributed by atoms with Crippen LogP contribution in [-0.4, -0.2) is 59.1 Å². The highest BCUT2D eigenvalue weighted by Crippen LogP contribution is 2.77. The molecule has 3 unspecified atom stereocenters. The number of allylic oxidation sites excluding steroid dienone is 3. The van der Waals surface area contributed by atoms with E-state index in [9.17, 15) is 24.6 Å². The number of nitrogens with zero attached hydrogens (tertiary/aromatic N) is 1. The van der Waals surface area contributed by atoms with Crippen molar-refractivity contribution in [2.45, 2.75) is 119 Å². The van der Waals surface area contributed by atoms with Crippen LogP contribution in [0.25, 0.3) is 5.57 Å². The SMILES string of the molecule is C=C(C)[C@@H]1CC[C@]2(C(=O)NCCN(CCC)CCC(=O)O)CC[C@]3(C)[C@H](CCC4[C@@]5(C)CC=C(c6ccc(C(=O)O)cc6)C(C)(C)C5CC[C@]43C)C12. The van der Waals surface area contributed by atoms with Gasteiger partial charge >= 0.3 is 11.9 Å². The molecular weight excluding hydrogens is 649 g/mol. The first kappa shape index (κ1) is 38.8. The zero-order valence-electron chi connectivity index (χ0n) is 33.2. The number of aliphatic carboxylic acids is 1. The molecule has 4 fully saturated rings. The Hall–Kier alpha value is -2.93. The van der Waals surface area contributed by atoms with Gasteiger partial charge in [-0.2, -0.15) is 0 Å². The summed E-state index contributed by atoms with van der Waals surface area (Å²) in [5.74, 6) is 0.816. The van der Waals surface area contributed by atoms with Crippen LogP contribution < -0.4 is 5.32 Å². The molecule has 7 nitrogen and oxygen atoms in total. The normalized spacial score (nSPS) is 37.5. The Kier molecular flexibility index (Phi) is 10.5. The van der Waals surface area contributed by atoms with E-state index in [0.717, 1.165) is 57.1 Å². The molecule has 0 bridgehead atoms. The lowest BCUT2D eigenvalue weighted by Gasteiger charge is -2.72. The summed E-state index contributed by atoms with van der Waals surface area (Å²) in [5, 5.41) is 22.1. The van der Waals surface area contributed by atoms with Crippen LogP contribution in [0.1, 0.15) is 135 Å². The zero-order valence-corrected chi connectivity index (χ0v) is 33.2. The maximum Gasteiger partial charge on any atom is 0.335 e. The van der Waals surface area contributed by atoms with Gasteiger partial charge in [0.15, 0.2) is 0 Å². The van der Waals surface area contributed by atoms with Crippen molar-refractivity contribution in [3.8, 4) is 0 Å². The van der Waals surface area contributed by atoms with Crippen LogP contribution in [0.4, 0.5) is 0 Å². The van der Waals surface area contributed by atoms with Crippen LogP contribution in [0, 0.1) is 56.7 Å². The Balaban J connectivity index is 1.26. The molecule has 0 radical (unpaired) electrons. The lowest BCUT2D eigenvalue weighted by molar-refractivity contribution is -0.225. The molecule has 6 rings (SSSR count). The first-order chi connectivity index (χ1) is 24.5. The molecule has 286 valence electrons. The standard InChI is InChI=1S/C45H66N2O5/c1-9-26-47(27-19-37(48)49)28-25-46-40(52)45-22-16-32(29(2)3)38(45)34-14-15-36-42(6)20-17-33(30-10-12-31(13-11-30)39(50)51)41(4,5)35(42)18-21-44(36,8)43(34,7)23-24-45/h10-13,17,32,34-36,38H,2,9,14-16,18-28H2,1,3-8H3,(H,46,52)(H,48,49)(H,50,51)/t32-,34+,35?,36?,38?,42-,43+,44+,45-/m0/s1. The molecule has 5 aliphatic rings. The number of hydrogen-bond donors (Lipinski definition) is 3. The number of rotatable bonds is 12. The third kappa shape index (κ3) is 6.09. The summed E-state index contributed by atoms with van der Waals surface area (Å²) in [6.07, 6.45) is 13.3. The van der Waals surface area contributed by atoms with Crippen LogP contribution >= 0.6 is 0 Å². The fraction of sp³-hybridized carbons (Fsp3) is 0.711. The molecule has 1 aromatic rings. The molecule has 7 heteroatoms. The third-order valence-electron chi connectivity index (χ3n) is 16.4. The minimum absolute atomic E-state index is 0.0343. The van der Waals surface area contributed by atoms with E-state index >= 15 is 0 Å². The number of carbonyl (C=O) groups excluding carboxylic acids is 1. The van der Waals surface area contributed by atoms with Crippen molar-refractivity contribution in [3.05, 3.63) is 53.6 Å². The summed E-state index contributed by atoms with van der Waals surface area (Å²) in [7, 11) is 0. The van der Waals surface area contributed by atoms with E-state index in [0.29, 0.717) is 54.8 Å². The Morgan fingerprint density at radius 3 is 2.21 bits per heavy atom. The van der Waals surface area contributed by atoms with Gasteiger partial charge in [0.1, 0.15) is 0 Å². The predicted octanol–water partition coefficient (Wildman–Crippen LogP) is 9.34. The number of hydrogen-bond acceptors (Lipinski definition) is 4. The summed E-state index contributed by atoms with van der Waals surface area (Å²) in [5.41, 5.74) is 4.13. The second-order valence-corrected chi connectivity index (χ2v) is 19.0. The number of carboxylic acids is 2. The molecule has 0 saturated heterocycles. The molecule has 0 aliphatic heterocycles. The van der Waals surface area contributed by atoms with Gasteiger partial charge in [0.2, 0.25) is 5.91 Å². The van der Waals surface area contributed by atoms with E-state index in [1.54, 1.807) is 12.1 Å². The lowest BCUT2D eigenvalue weighted by Crippen LogP contribution is -2.66. The molecule has 0 spiro atoms. The van der Waals surface area contributed by atoms with Gasteiger partial charge < -0.3 is 20.4 Å². The van der Waals surface area contributed by atoms with Crippen molar-refractivity contribution in [2.75, 3.05) is 26.2 Å². The first-order valence-corrected chi connectivity index (χ1v) is 20.4. The molecule has 0 heterocycles. The number of carboxylic acid groups (broad SMARTS) is 2. The molecule has 9 atom stereocenters. The first-order valence-electron chi connectivity index (χ1n) is 20.4. The Bertz CT molecular complexity index is 1600. The Morgan fingerprint density at radius 2 is 1.58 bits per heavy atom. The van der Waals surface area contributed by atoms with Gasteiger partial charge in [-0.1, -0.05) is 71.9 Å². The van der Waals surface area contributed by atoms with Gasteiger partial charge in [-0.3, -0.25) is 9.59 Å². The van der Waals surface area contributed by atoms with Crippen molar-refractivity contribution >= 4 is 23.4 Å². The van der Waals surface area contributed by atoms with Crippen LogP contribution in [0.5, 0.6) is 0 Å².